The summed E-state index contributed by atoms with van der Waals surface area (Å²) in [6, 6.07) is 19.7. The topological polar surface area (TPSA) is 105 Å². The highest BCUT2D eigenvalue weighted by Gasteiger charge is 2.36. The van der Waals surface area contributed by atoms with Crippen molar-refractivity contribution in [2.45, 2.75) is 24.8 Å². The van der Waals surface area contributed by atoms with Crippen molar-refractivity contribution in [3.05, 3.63) is 89.2 Å². The van der Waals surface area contributed by atoms with Gasteiger partial charge in [-0.15, -0.1) is 0 Å². The first kappa shape index (κ1) is 22.6. The van der Waals surface area contributed by atoms with Gasteiger partial charge in [-0.25, -0.2) is 14.0 Å². The van der Waals surface area contributed by atoms with Crippen molar-refractivity contribution in [2.75, 3.05) is 11.9 Å². The quantitative estimate of drug-likeness (QED) is 0.477. The molecule has 0 radical (unpaired) electrons. The zero-order chi connectivity index (χ0) is 24.5. The van der Waals surface area contributed by atoms with Gasteiger partial charge < -0.3 is 20.5 Å². The summed E-state index contributed by atoms with van der Waals surface area (Å²) in [7, 11) is 0. The van der Waals surface area contributed by atoms with E-state index in [9.17, 15) is 18.8 Å². The van der Waals surface area contributed by atoms with E-state index in [1.807, 2.05) is 36.4 Å². The normalized spacial score (nSPS) is 18.1. The molecule has 0 spiro atoms. The van der Waals surface area contributed by atoms with Crippen LogP contribution in [0, 0.1) is 11.7 Å². The number of rotatable bonds is 6. The van der Waals surface area contributed by atoms with Crippen LogP contribution in [-0.4, -0.2) is 35.7 Å². The molecule has 0 saturated heterocycles. The minimum absolute atomic E-state index is 0.0375. The summed E-state index contributed by atoms with van der Waals surface area (Å²) in [6.45, 7) is 0.204. The fourth-order valence-corrected chi connectivity index (χ4v) is 4.79. The van der Waals surface area contributed by atoms with Crippen LogP contribution in [0.2, 0.25) is 0 Å². The maximum atomic E-state index is 14.2. The Balaban J connectivity index is 1.12. The molecule has 0 atom stereocenters. The van der Waals surface area contributed by atoms with Crippen molar-refractivity contribution in [3.8, 4) is 11.1 Å². The number of halogens is 1. The first-order valence-corrected chi connectivity index (χ1v) is 11.4. The summed E-state index contributed by atoms with van der Waals surface area (Å²) >= 11 is 0. The molecule has 3 aromatic carbocycles. The lowest BCUT2D eigenvalue weighted by Gasteiger charge is -2.34. The SMILES string of the molecule is O=C(NC1CC(C(=O)Nc2cccc(C(=O)O)c2F)C1)OCC1c2ccccc2-c2ccccc21. The van der Waals surface area contributed by atoms with Gasteiger partial charge in [0.1, 0.15) is 6.61 Å². The second-order valence-electron chi connectivity index (χ2n) is 8.80. The largest absolute Gasteiger partial charge is 0.478 e. The van der Waals surface area contributed by atoms with Gasteiger partial charge in [0.25, 0.3) is 0 Å². The Labute approximate surface area is 200 Å². The maximum Gasteiger partial charge on any atom is 0.407 e. The highest BCUT2D eigenvalue weighted by molar-refractivity contribution is 5.96. The number of nitrogens with one attached hydrogen (secondary N) is 2. The highest BCUT2D eigenvalue weighted by Crippen LogP contribution is 2.44. The number of fused-ring (bicyclic) bond motifs is 3. The van der Waals surface area contributed by atoms with Crippen LogP contribution < -0.4 is 10.6 Å². The molecule has 0 aromatic heterocycles. The van der Waals surface area contributed by atoms with Gasteiger partial charge in [0, 0.05) is 17.9 Å². The molecule has 3 N–H and O–H groups in total. The molecule has 2 aliphatic carbocycles. The molecule has 5 rings (SSSR count). The lowest BCUT2D eigenvalue weighted by molar-refractivity contribution is -0.122. The first-order chi connectivity index (χ1) is 16.9. The first-order valence-electron chi connectivity index (χ1n) is 11.4. The Bertz CT molecular complexity index is 1270. The number of carbonyl (C=O) groups is 3. The molecule has 0 bridgehead atoms. The van der Waals surface area contributed by atoms with Crippen LogP contribution in [0.25, 0.3) is 11.1 Å². The van der Waals surface area contributed by atoms with Crippen molar-refractivity contribution >= 4 is 23.7 Å². The summed E-state index contributed by atoms with van der Waals surface area (Å²) in [6.07, 6.45) is 0.225. The molecule has 178 valence electrons. The van der Waals surface area contributed by atoms with E-state index in [0.29, 0.717) is 12.8 Å². The minimum atomic E-state index is -1.41. The Kier molecular flexibility index (Phi) is 5.94. The molecule has 2 aliphatic rings. The molecule has 1 fully saturated rings. The molecule has 35 heavy (non-hydrogen) atoms. The van der Waals surface area contributed by atoms with E-state index >= 15 is 0 Å². The number of carbonyl (C=O) groups excluding carboxylic acids is 2. The number of benzene rings is 3. The Morgan fingerprint density at radius 2 is 1.54 bits per heavy atom. The number of hydrogen-bond acceptors (Lipinski definition) is 4. The lowest BCUT2D eigenvalue weighted by atomic mass is 9.79. The maximum absolute atomic E-state index is 14.2. The molecule has 7 nitrogen and oxygen atoms in total. The van der Waals surface area contributed by atoms with Crippen LogP contribution in [0.1, 0.15) is 40.2 Å². The van der Waals surface area contributed by atoms with Crippen LogP contribution in [0.15, 0.2) is 66.7 Å². The number of ether oxygens (including phenoxy) is 1. The van der Waals surface area contributed by atoms with Crippen LogP contribution in [-0.2, 0) is 9.53 Å². The minimum Gasteiger partial charge on any atom is -0.478 e. The average Bonchev–Trinajstić information content (AvgIpc) is 3.14. The van der Waals surface area contributed by atoms with Gasteiger partial charge in [-0.3, -0.25) is 4.79 Å². The van der Waals surface area contributed by atoms with E-state index < -0.39 is 35.3 Å². The second-order valence-corrected chi connectivity index (χ2v) is 8.80. The van der Waals surface area contributed by atoms with Crippen LogP contribution in [0.5, 0.6) is 0 Å². The summed E-state index contributed by atoms with van der Waals surface area (Å²) in [4.78, 5) is 35.9. The van der Waals surface area contributed by atoms with E-state index in [4.69, 9.17) is 9.84 Å². The van der Waals surface area contributed by atoms with Crippen molar-refractivity contribution in [3.63, 3.8) is 0 Å². The van der Waals surface area contributed by atoms with Gasteiger partial charge in [0.05, 0.1) is 11.3 Å². The van der Waals surface area contributed by atoms with Crippen molar-refractivity contribution < 1.29 is 28.6 Å². The van der Waals surface area contributed by atoms with Crippen molar-refractivity contribution in [1.82, 2.24) is 5.32 Å². The molecule has 3 aromatic rings. The monoisotopic (exact) mass is 474 g/mol. The number of hydrogen-bond donors (Lipinski definition) is 3. The molecule has 0 heterocycles. The Morgan fingerprint density at radius 1 is 0.914 bits per heavy atom. The van der Waals surface area contributed by atoms with Gasteiger partial charge in [-0.1, -0.05) is 54.6 Å². The highest BCUT2D eigenvalue weighted by atomic mass is 19.1. The van der Waals surface area contributed by atoms with Crippen LogP contribution in [0.4, 0.5) is 14.9 Å². The van der Waals surface area contributed by atoms with E-state index in [0.717, 1.165) is 28.3 Å². The fourth-order valence-electron chi connectivity index (χ4n) is 4.79. The number of anilines is 1. The number of amides is 2. The van der Waals surface area contributed by atoms with Gasteiger partial charge in [0.15, 0.2) is 5.82 Å². The molecule has 1 saturated carbocycles. The fraction of sp³-hybridized carbons (Fsp3) is 0.222. The van der Waals surface area contributed by atoms with E-state index in [1.165, 1.54) is 12.1 Å². The third-order valence-electron chi connectivity index (χ3n) is 6.66. The molecule has 8 heteroatoms. The molecule has 0 unspecified atom stereocenters. The summed E-state index contributed by atoms with van der Waals surface area (Å²) in [5, 5.41) is 14.2. The van der Waals surface area contributed by atoms with Gasteiger partial charge >= 0.3 is 12.1 Å². The number of alkyl carbamates (subject to hydrolysis) is 1. The summed E-state index contributed by atoms with van der Waals surface area (Å²) < 4.78 is 19.8. The zero-order valence-electron chi connectivity index (χ0n) is 18.7. The predicted octanol–water partition coefficient (Wildman–Crippen LogP) is 4.78. The Morgan fingerprint density at radius 3 is 2.17 bits per heavy atom. The molecular weight excluding hydrogens is 451 g/mol. The third kappa shape index (κ3) is 4.35. The molecular formula is C27H23FN2O5. The standard InChI is InChI=1S/C27H23FN2O5/c28-24-21(26(32)33)10-5-11-23(24)30-25(31)15-12-16(13-15)29-27(34)35-14-22-19-8-3-1-6-17(19)18-7-2-4-9-20(18)22/h1-11,15-16,22H,12-14H2,(H,29,34)(H,30,31)(H,32,33). The molecule has 2 amide bonds. The zero-order valence-corrected chi connectivity index (χ0v) is 18.7. The summed E-state index contributed by atoms with van der Waals surface area (Å²) in [5.41, 5.74) is 3.86. The van der Waals surface area contributed by atoms with E-state index in [-0.39, 0.29) is 24.3 Å². The van der Waals surface area contributed by atoms with E-state index in [1.54, 1.807) is 0 Å². The third-order valence-corrected chi connectivity index (χ3v) is 6.66. The average molecular weight is 474 g/mol. The Hall–Kier alpha value is -4.20. The van der Waals surface area contributed by atoms with Gasteiger partial charge in [0.2, 0.25) is 5.91 Å². The van der Waals surface area contributed by atoms with E-state index in [2.05, 4.69) is 22.8 Å². The van der Waals surface area contributed by atoms with Gasteiger partial charge in [-0.05, 0) is 47.2 Å². The molecule has 0 aliphatic heterocycles. The number of carboxylic acids is 1. The van der Waals surface area contributed by atoms with Gasteiger partial charge in [-0.2, -0.15) is 0 Å². The second kappa shape index (κ2) is 9.21. The predicted molar refractivity (Wildman–Crippen MR) is 127 cm³/mol. The number of carboxylic acid groups (broad SMARTS) is 1. The lowest BCUT2D eigenvalue weighted by Crippen LogP contribution is -2.48. The van der Waals surface area contributed by atoms with Crippen LogP contribution >= 0.6 is 0 Å². The summed E-state index contributed by atoms with van der Waals surface area (Å²) in [5.74, 6) is -3.26. The smallest absolute Gasteiger partial charge is 0.407 e. The number of aromatic carboxylic acids is 1. The van der Waals surface area contributed by atoms with Crippen molar-refractivity contribution in [1.29, 1.82) is 0 Å². The van der Waals surface area contributed by atoms with Crippen molar-refractivity contribution in [2.24, 2.45) is 5.92 Å². The van der Waals surface area contributed by atoms with Crippen LogP contribution in [0.3, 0.4) is 0 Å².